The molecule has 1 aromatic carbocycles. The largest absolute Gasteiger partial charge is 0.310 e. The van der Waals surface area contributed by atoms with Crippen molar-refractivity contribution in [2.24, 2.45) is 0 Å². The van der Waals surface area contributed by atoms with E-state index in [2.05, 4.69) is 58.6 Å². The second-order valence-electron chi connectivity index (χ2n) is 4.55. The number of benzene rings is 1. The molecule has 0 aliphatic heterocycles. The van der Waals surface area contributed by atoms with Gasteiger partial charge in [-0.25, -0.2) is 4.98 Å². The average molecular weight is 276 g/mol. The summed E-state index contributed by atoms with van der Waals surface area (Å²) in [4.78, 5) is 5.45. The van der Waals surface area contributed by atoms with Crippen LogP contribution in [-0.2, 0) is 0 Å². The number of aromatic amines is 1. The van der Waals surface area contributed by atoms with Crippen molar-refractivity contribution in [1.29, 1.82) is 0 Å². The Bertz CT molecular complexity index is 506. The van der Waals surface area contributed by atoms with Gasteiger partial charge >= 0.3 is 0 Å². The molecule has 2 rings (SSSR count). The van der Waals surface area contributed by atoms with Crippen molar-refractivity contribution >= 4 is 11.8 Å². The van der Waals surface area contributed by atoms with Gasteiger partial charge in [0.1, 0.15) is 5.82 Å². The third kappa shape index (κ3) is 4.08. The number of nitrogens with one attached hydrogen (secondary N) is 2. The molecule has 1 unspecified atom stereocenters. The van der Waals surface area contributed by atoms with Crippen molar-refractivity contribution in [3.8, 4) is 0 Å². The van der Waals surface area contributed by atoms with Crippen LogP contribution in [0, 0.1) is 6.92 Å². The molecule has 0 saturated carbocycles. The van der Waals surface area contributed by atoms with Gasteiger partial charge in [0.15, 0.2) is 0 Å². The van der Waals surface area contributed by atoms with Crippen molar-refractivity contribution in [1.82, 2.24) is 20.5 Å². The zero-order valence-corrected chi connectivity index (χ0v) is 12.4. The highest BCUT2D eigenvalue weighted by Gasteiger charge is 2.06. The summed E-state index contributed by atoms with van der Waals surface area (Å²) in [5, 5.41) is 11.2. The molecule has 0 fully saturated rings. The summed E-state index contributed by atoms with van der Waals surface area (Å²) < 4.78 is 0. The minimum absolute atomic E-state index is 0.393. The van der Waals surface area contributed by atoms with Gasteiger partial charge in [-0.1, -0.05) is 19.1 Å². The van der Waals surface area contributed by atoms with E-state index in [1.807, 2.05) is 6.92 Å². The highest BCUT2D eigenvalue weighted by atomic mass is 32.2. The molecule has 1 heterocycles. The predicted octanol–water partition coefficient (Wildman–Crippen LogP) is 3.32. The molecule has 0 aliphatic carbocycles. The van der Waals surface area contributed by atoms with Crippen molar-refractivity contribution in [2.45, 2.75) is 43.3 Å². The lowest BCUT2D eigenvalue weighted by Gasteiger charge is -2.13. The van der Waals surface area contributed by atoms with Crippen molar-refractivity contribution in [3.63, 3.8) is 0 Å². The normalized spacial score (nSPS) is 12.6. The summed E-state index contributed by atoms with van der Waals surface area (Å²) in [6.07, 6.45) is 1.16. The van der Waals surface area contributed by atoms with E-state index in [1.165, 1.54) is 5.56 Å². The van der Waals surface area contributed by atoms with Gasteiger partial charge in [0.2, 0.25) is 5.16 Å². The fourth-order valence-electron chi connectivity index (χ4n) is 1.78. The van der Waals surface area contributed by atoms with Crippen LogP contribution in [0.4, 0.5) is 0 Å². The van der Waals surface area contributed by atoms with Gasteiger partial charge in [0.25, 0.3) is 0 Å². The number of aromatic nitrogens is 3. The maximum Gasteiger partial charge on any atom is 0.213 e. The molecule has 4 nitrogen and oxygen atoms in total. The first-order valence-electron chi connectivity index (χ1n) is 6.59. The number of hydrogen-bond donors (Lipinski definition) is 2. The van der Waals surface area contributed by atoms with E-state index >= 15 is 0 Å². The number of nitrogens with zero attached hydrogens (tertiary/aromatic N) is 2. The van der Waals surface area contributed by atoms with Crippen LogP contribution in [-0.4, -0.2) is 21.7 Å². The molecule has 1 atom stereocenters. The Hall–Kier alpha value is -1.33. The van der Waals surface area contributed by atoms with Crippen molar-refractivity contribution in [3.05, 3.63) is 35.7 Å². The van der Waals surface area contributed by atoms with Crippen LogP contribution in [0.2, 0.25) is 0 Å². The molecule has 0 saturated heterocycles. The van der Waals surface area contributed by atoms with E-state index < -0.39 is 0 Å². The molecule has 0 amide bonds. The highest BCUT2D eigenvalue weighted by molar-refractivity contribution is 7.99. The lowest BCUT2D eigenvalue weighted by atomic mass is 10.1. The molecular formula is C14H20N4S. The van der Waals surface area contributed by atoms with Gasteiger partial charge in [-0.05, 0) is 56.3 Å². The van der Waals surface area contributed by atoms with Gasteiger partial charge in [-0.15, -0.1) is 5.10 Å². The zero-order valence-electron chi connectivity index (χ0n) is 11.6. The summed E-state index contributed by atoms with van der Waals surface area (Å²) >= 11 is 1.57. The lowest BCUT2D eigenvalue weighted by molar-refractivity contribution is 0.570. The van der Waals surface area contributed by atoms with E-state index in [0.717, 1.165) is 28.8 Å². The fourth-order valence-corrected chi connectivity index (χ4v) is 2.53. The molecule has 5 heteroatoms. The zero-order chi connectivity index (χ0) is 13.7. The average Bonchev–Trinajstić information content (AvgIpc) is 2.82. The second-order valence-corrected chi connectivity index (χ2v) is 5.59. The molecule has 0 aliphatic rings. The number of hydrogen-bond acceptors (Lipinski definition) is 4. The van der Waals surface area contributed by atoms with Gasteiger partial charge in [0.05, 0.1) is 0 Å². The Morgan fingerprint density at radius 2 is 2.05 bits per heavy atom. The molecule has 102 valence electrons. The third-order valence-electron chi connectivity index (χ3n) is 2.87. The monoisotopic (exact) mass is 276 g/mol. The quantitative estimate of drug-likeness (QED) is 0.850. The van der Waals surface area contributed by atoms with Crippen molar-refractivity contribution in [2.75, 3.05) is 6.54 Å². The number of H-pyrrole nitrogens is 1. The second kappa shape index (κ2) is 6.73. The molecule has 2 N–H and O–H groups in total. The Balaban J connectivity index is 1.98. The van der Waals surface area contributed by atoms with Crippen LogP contribution in [0.15, 0.2) is 34.3 Å². The molecular weight excluding hydrogens is 256 g/mol. The molecule has 0 radical (unpaired) electrons. The van der Waals surface area contributed by atoms with Gasteiger partial charge in [-0.3, -0.25) is 5.10 Å². The van der Waals surface area contributed by atoms with E-state index in [4.69, 9.17) is 0 Å². The minimum atomic E-state index is 0.393. The smallest absolute Gasteiger partial charge is 0.213 e. The maximum atomic E-state index is 4.29. The van der Waals surface area contributed by atoms with E-state index in [-0.39, 0.29) is 0 Å². The SMILES string of the molecule is CCCNC(C)c1ccc(Sc2n[nH]c(C)n2)cc1. The predicted molar refractivity (Wildman–Crippen MR) is 78.4 cm³/mol. The maximum absolute atomic E-state index is 4.29. The molecule has 0 spiro atoms. The summed E-state index contributed by atoms with van der Waals surface area (Å²) in [6.45, 7) is 7.32. The lowest BCUT2D eigenvalue weighted by Crippen LogP contribution is -2.19. The van der Waals surface area contributed by atoms with Gasteiger partial charge < -0.3 is 5.32 Å². The van der Waals surface area contributed by atoms with Crippen LogP contribution in [0.3, 0.4) is 0 Å². The van der Waals surface area contributed by atoms with Crippen molar-refractivity contribution < 1.29 is 0 Å². The Labute approximate surface area is 118 Å². The summed E-state index contributed by atoms with van der Waals surface area (Å²) in [5.41, 5.74) is 1.31. The standard InChI is InChI=1S/C14H20N4S/c1-4-9-15-10(2)12-5-7-13(8-6-12)19-14-16-11(3)17-18-14/h5-8,10,15H,4,9H2,1-3H3,(H,16,17,18). The van der Waals surface area contributed by atoms with Crippen LogP contribution >= 0.6 is 11.8 Å². The third-order valence-corrected chi connectivity index (χ3v) is 3.74. The molecule has 2 aromatic rings. The van der Waals surface area contributed by atoms with Crippen LogP contribution in [0.25, 0.3) is 0 Å². The first-order chi connectivity index (χ1) is 9.19. The summed E-state index contributed by atoms with van der Waals surface area (Å²) in [7, 11) is 0. The minimum Gasteiger partial charge on any atom is -0.310 e. The summed E-state index contributed by atoms with van der Waals surface area (Å²) in [6, 6.07) is 8.96. The van der Waals surface area contributed by atoms with Gasteiger partial charge in [0, 0.05) is 10.9 Å². The van der Waals surface area contributed by atoms with E-state index in [9.17, 15) is 0 Å². The fraction of sp³-hybridized carbons (Fsp3) is 0.429. The first kappa shape index (κ1) is 14.1. The molecule has 0 bridgehead atoms. The highest BCUT2D eigenvalue weighted by Crippen LogP contribution is 2.25. The van der Waals surface area contributed by atoms with Crippen LogP contribution in [0.1, 0.15) is 37.7 Å². The Morgan fingerprint density at radius 3 is 2.63 bits per heavy atom. The summed E-state index contributed by atoms with van der Waals surface area (Å²) in [5.74, 6) is 0.844. The topological polar surface area (TPSA) is 53.6 Å². The number of rotatable bonds is 6. The Kier molecular flexibility index (Phi) is 4.99. The van der Waals surface area contributed by atoms with E-state index in [1.54, 1.807) is 11.8 Å². The van der Waals surface area contributed by atoms with Crippen LogP contribution in [0.5, 0.6) is 0 Å². The number of aryl methyl sites for hydroxylation is 1. The van der Waals surface area contributed by atoms with Crippen LogP contribution < -0.4 is 5.32 Å². The first-order valence-corrected chi connectivity index (χ1v) is 7.41. The van der Waals surface area contributed by atoms with Gasteiger partial charge in [-0.2, -0.15) is 0 Å². The molecule has 1 aromatic heterocycles. The molecule has 19 heavy (non-hydrogen) atoms. The Morgan fingerprint density at radius 1 is 1.32 bits per heavy atom. The van der Waals surface area contributed by atoms with E-state index in [0.29, 0.717) is 6.04 Å².